The van der Waals surface area contributed by atoms with Gasteiger partial charge in [0, 0.05) is 5.56 Å². The fourth-order valence-corrected chi connectivity index (χ4v) is 0.953. The molecule has 0 spiro atoms. The van der Waals surface area contributed by atoms with Crippen LogP contribution in [0.2, 0.25) is 0 Å². The highest BCUT2D eigenvalue weighted by Crippen LogP contribution is 2.21. The Morgan fingerprint density at radius 2 is 1.85 bits per heavy atom. The Labute approximate surface area is 75.3 Å². The van der Waals surface area contributed by atoms with E-state index in [4.69, 9.17) is 0 Å². The molecule has 0 aliphatic heterocycles. The van der Waals surface area contributed by atoms with Crippen LogP contribution >= 0.6 is 0 Å². The molecule has 0 saturated heterocycles. The second-order valence-electron chi connectivity index (χ2n) is 2.40. The van der Waals surface area contributed by atoms with Gasteiger partial charge in [0.05, 0.1) is 5.56 Å². The summed E-state index contributed by atoms with van der Waals surface area (Å²) in [6.07, 6.45) is 3.86. The predicted molar refractivity (Wildman–Crippen MR) is 48.6 cm³/mol. The predicted octanol–water partition coefficient (Wildman–Crippen LogP) is 1.42. The molecule has 0 saturated carbocycles. The minimum absolute atomic E-state index is 0.101. The Morgan fingerprint density at radius 1 is 1.15 bits per heavy atom. The smallest absolute Gasteiger partial charge is 0.153 e. The number of hydrogen-bond acceptors (Lipinski definition) is 3. The molecule has 0 aliphatic carbocycles. The van der Waals surface area contributed by atoms with Crippen molar-refractivity contribution >= 4 is 18.6 Å². The van der Waals surface area contributed by atoms with E-state index in [9.17, 15) is 14.7 Å². The fourth-order valence-electron chi connectivity index (χ4n) is 0.953. The molecule has 0 amide bonds. The summed E-state index contributed by atoms with van der Waals surface area (Å²) in [5.74, 6) is -0.101. The third-order valence-corrected chi connectivity index (χ3v) is 1.58. The van der Waals surface area contributed by atoms with Gasteiger partial charge in [0.2, 0.25) is 0 Å². The second kappa shape index (κ2) is 4.21. The molecule has 0 atom stereocenters. The number of carbonyl (C=O) groups is 2. The van der Waals surface area contributed by atoms with E-state index in [-0.39, 0.29) is 11.3 Å². The Kier molecular flexibility index (Phi) is 2.97. The zero-order chi connectivity index (χ0) is 9.68. The van der Waals surface area contributed by atoms with Crippen LogP contribution in [-0.2, 0) is 4.79 Å². The fraction of sp³-hybridized carbons (Fsp3) is 0. The summed E-state index contributed by atoms with van der Waals surface area (Å²) in [6, 6.07) is 4.75. The van der Waals surface area contributed by atoms with Crippen LogP contribution in [0, 0.1) is 0 Å². The van der Waals surface area contributed by atoms with Gasteiger partial charge in [-0.3, -0.25) is 9.59 Å². The lowest BCUT2D eigenvalue weighted by molar-refractivity contribution is -0.104. The number of aldehydes is 2. The molecule has 3 nitrogen and oxygen atoms in total. The molecule has 0 aromatic heterocycles. The summed E-state index contributed by atoms with van der Waals surface area (Å²) in [7, 11) is 0. The van der Waals surface area contributed by atoms with Gasteiger partial charge in [-0.2, -0.15) is 0 Å². The number of benzene rings is 1. The Bertz CT molecular complexity index is 353. The summed E-state index contributed by atoms with van der Waals surface area (Å²) >= 11 is 0. The van der Waals surface area contributed by atoms with Gasteiger partial charge in [-0.1, -0.05) is 12.1 Å². The molecule has 0 bridgehead atoms. The van der Waals surface area contributed by atoms with E-state index >= 15 is 0 Å². The lowest BCUT2D eigenvalue weighted by Crippen LogP contribution is -1.83. The van der Waals surface area contributed by atoms with Gasteiger partial charge in [-0.25, -0.2) is 0 Å². The molecule has 1 aromatic carbocycles. The van der Waals surface area contributed by atoms with Crippen molar-refractivity contribution in [1.82, 2.24) is 0 Å². The Morgan fingerprint density at radius 3 is 2.46 bits per heavy atom. The van der Waals surface area contributed by atoms with E-state index in [0.29, 0.717) is 18.1 Å². The van der Waals surface area contributed by atoms with Crippen LogP contribution in [0.1, 0.15) is 15.9 Å². The van der Waals surface area contributed by atoms with Crippen molar-refractivity contribution < 1.29 is 14.7 Å². The van der Waals surface area contributed by atoms with Gasteiger partial charge in [-0.05, 0) is 18.2 Å². The van der Waals surface area contributed by atoms with Crippen LogP contribution in [0.4, 0.5) is 0 Å². The highest BCUT2D eigenvalue weighted by Gasteiger charge is 2.02. The summed E-state index contributed by atoms with van der Waals surface area (Å²) < 4.78 is 0. The van der Waals surface area contributed by atoms with Crippen LogP contribution in [0.25, 0.3) is 6.08 Å². The number of allylic oxidation sites excluding steroid dienone is 1. The molecule has 0 heterocycles. The van der Waals surface area contributed by atoms with Crippen molar-refractivity contribution in [2.75, 3.05) is 0 Å². The zero-order valence-corrected chi connectivity index (χ0v) is 6.81. The van der Waals surface area contributed by atoms with Gasteiger partial charge < -0.3 is 5.11 Å². The quantitative estimate of drug-likeness (QED) is 0.559. The van der Waals surface area contributed by atoms with Crippen LogP contribution < -0.4 is 0 Å². The topological polar surface area (TPSA) is 54.4 Å². The molecular formula is C10H8O3. The van der Waals surface area contributed by atoms with Crippen LogP contribution in [0.5, 0.6) is 5.75 Å². The minimum Gasteiger partial charge on any atom is -0.507 e. The Balaban J connectivity index is 3.14. The van der Waals surface area contributed by atoms with Crippen LogP contribution in [-0.4, -0.2) is 17.7 Å². The number of para-hydroxylation sites is 1. The third-order valence-electron chi connectivity index (χ3n) is 1.58. The molecule has 0 aliphatic rings. The van der Waals surface area contributed by atoms with Gasteiger partial charge in [-0.15, -0.1) is 0 Å². The molecular weight excluding hydrogens is 168 g/mol. The lowest BCUT2D eigenvalue weighted by atomic mass is 10.1. The van der Waals surface area contributed by atoms with Crippen molar-refractivity contribution in [3.05, 3.63) is 35.4 Å². The van der Waals surface area contributed by atoms with Crippen molar-refractivity contribution in [2.45, 2.75) is 0 Å². The van der Waals surface area contributed by atoms with Gasteiger partial charge in [0.15, 0.2) is 6.29 Å². The van der Waals surface area contributed by atoms with Crippen LogP contribution in [0.15, 0.2) is 24.3 Å². The SMILES string of the molecule is O=CC=Cc1cccc(C=O)c1O. The van der Waals surface area contributed by atoms with Gasteiger partial charge in [0.1, 0.15) is 12.0 Å². The summed E-state index contributed by atoms with van der Waals surface area (Å²) in [5, 5.41) is 9.42. The minimum atomic E-state index is -0.101. The number of aromatic hydroxyl groups is 1. The zero-order valence-electron chi connectivity index (χ0n) is 6.81. The highest BCUT2D eigenvalue weighted by molar-refractivity contribution is 5.83. The maximum Gasteiger partial charge on any atom is 0.153 e. The standard InChI is InChI=1S/C10H8O3/c11-6-2-5-8-3-1-4-9(7-12)10(8)13/h1-7,13H. The first-order valence-corrected chi connectivity index (χ1v) is 3.68. The third kappa shape index (κ3) is 2.02. The first-order valence-electron chi connectivity index (χ1n) is 3.68. The average Bonchev–Trinajstić information content (AvgIpc) is 2.16. The second-order valence-corrected chi connectivity index (χ2v) is 2.40. The average molecular weight is 176 g/mol. The van der Waals surface area contributed by atoms with Crippen LogP contribution in [0.3, 0.4) is 0 Å². The molecule has 1 aromatic rings. The summed E-state index contributed by atoms with van der Waals surface area (Å²) in [4.78, 5) is 20.4. The molecule has 13 heavy (non-hydrogen) atoms. The molecule has 1 N–H and O–H groups in total. The van der Waals surface area contributed by atoms with Crippen molar-refractivity contribution in [3.8, 4) is 5.75 Å². The maximum atomic E-state index is 10.4. The van der Waals surface area contributed by atoms with E-state index in [1.807, 2.05) is 0 Å². The highest BCUT2D eigenvalue weighted by atomic mass is 16.3. The summed E-state index contributed by atoms with van der Waals surface area (Å²) in [6.45, 7) is 0. The normalized spacial score (nSPS) is 10.2. The number of hydrogen-bond donors (Lipinski definition) is 1. The van der Waals surface area contributed by atoms with Crippen molar-refractivity contribution in [3.63, 3.8) is 0 Å². The molecule has 3 heteroatoms. The first kappa shape index (κ1) is 9.19. The summed E-state index contributed by atoms with van der Waals surface area (Å²) in [5.41, 5.74) is 0.671. The van der Waals surface area contributed by atoms with E-state index in [0.717, 1.165) is 0 Å². The maximum absolute atomic E-state index is 10.4. The monoisotopic (exact) mass is 176 g/mol. The number of phenolic OH excluding ortho intramolecular Hbond substituents is 1. The molecule has 0 fully saturated rings. The number of rotatable bonds is 3. The molecule has 66 valence electrons. The molecule has 0 unspecified atom stereocenters. The number of phenols is 1. The Hall–Kier alpha value is -1.90. The van der Waals surface area contributed by atoms with E-state index < -0.39 is 0 Å². The van der Waals surface area contributed by atoms with E-state index in [2.05, 4.69) is 0 Å². The largest absolute Gasteiger partial charge is 0.507 e. The van der Waals surface area contributed by atoms with Gasteiger partial charge >= 0.3 is 0 Å². The van der Waals surface area contributed by atoms with E-state index in [1.165, 1.54) is 18.2 Å². The van der Waals surface area contributed by atoms with Crippen molar-refractivity contribution in [1.29, 1.82) is 0 Å². The molecule has 0 radical (unpaired) electrons. The number of carbonyl (C=O) groups excluding carboxylic acids is 2. The molecule has 1 rings (SSSR count). The van der Waals surface area contributed by atoms with E-state index in [1.54, 1.807) is 12.1 Å². The first-order chi connectivity index (χ1) is 6.29. The lowest BCUT2D eigenvalue weighted by Gasteiger charge is -1.99. The van der Waals surface area contributed by atoms with Gasteiger partial charge in [0.25, 0.3) is 0 Å². The van der Waals surface area contributed by atoms with Crippen molar-refractivity contribution in [2.24, 2.45) is 0 Å².